The lowest BCUT2D eigenvalue weighted by atomic mass is 10.0. The Morgan fingerprint density at radius 3 is 2.78 bits per heavy atom. The Balaban J connectivity index is 1.52. The van der Waals surface area contributed by atoms with Crippen molar-refractivity contribution >= 4 is 11.6 Å². The predicted octanol–water partition coefficient (Wildman–Crippen LogP) is 5.18. The maximum Gasteiger partial charge on any atom is 0.232 e. The number of hydrogen-bond acceptors (Lipinski definition) is 6. The number of aromatic nitrogens is 2. The largest absolute Gasteiger partial charge is 0.493 e. The van der Waals surface area contributed by atoms with E-state index in [4.69, 9.17) is 14.0 Å². The van der Waals surface area contributed by atoms with Gasteiger partial charge in [-0.25, -0.2) is 0 Å². The lowest BCUT2D eigenvalue weighted by Crippen LogP contribution is -2.24. The fraction of sp³-hybridized carbons (Fsp3) is 0.400. The number of rotatable bonds is 8. The van der Waals surface area contributed by atoms with Gasteiger partial charge in [0.25, 0.3) is 0 Å². The summed E-state index contributed by atoms with van der Waals surface area (Å²) in [5, 5.41) is 4.15. The molecule has 3 aromatic rings. The van der Waals surface area contributed by atoms with Crippen LogP contribution in [0.5, 0.6) is 11.5 Å². The van der Waals surface area contributed by atoms with E-state index in [9.17, 15) is 4.79 Å². The summed E-state index contributed by atoms with van der Waals surface area (Å²) in [4.78, 5) is 19.1. The molecule has 0 radical (unpaired) electrons. The summed E-state index contributed by atoms with van der Waals surface area (Å²) < 4.78 is 16.7. The van der Waals surface area contributed by atoms with Crippen molar-refractivity contribution in [2.24, 2.45) is 0 Å². The Kier molecular flexibility index (Phi) is 6.44. The first-order chi connectivity index (χ1) is 15.5. The van der Waals surface area contributed by atoms with Gasteiger partial charge in [0.2, 0.25) is 17.6 Å². The predicted molar refractivity (Wildman–Crippen MR) is 122 cm³/mol. The molecule has 7 nitrogen and oxygen atoms in total. The Hall–Kier alpha value is -3.35. The van der Waals surface area contributed by atoms with E-state index in [1.54, 1.807) is 7.11 Å². The summed E-state index contributed by atoms with van der Waals surface area (Å²) >= 11 is 0. The fourth-order valence-electron chi connectivity index (χ4n) is 3.83. The number of amides is 1. The van der Waals surface area contributed by atoms with Crippen molar-refractivity contribution in [1.82, 2.24) is 10.1 Å². The number of anilines is 1. The lowest BCUT2D eigenvalue weighted by molar-refractivity contribution is -0.117. The van der Waals surface area contributed by atoms with Crippen LogP contribution >= 0.6 is 0 Å². The lowest BCUT2D eigenvalue weighted by Gasteiger charge is -2.18. The van der Waals surface area contributed by atoms with E-state index in [1.807, 2.05) is 35.2 Å². The zero-order valence-electron chi connectivity index (χ0n) is 19.0. The summed E-state index contributed by atoms with van der Waals surface area (Å²) in [6.45, 7) is 7.48. The second-order valence-corrected chi connectivity index (χ2v) is 8.33. The van der Waals surface area contributed by atoms with Gasteiger partial charge in [-0.05, 0) is 48.2 Å². The minimum atomic E-state index is -0.138. The molecular formula is C25H29N3O4. The second kappa shape index (κ2) is 9.42. The molecule has 0 saturated carbocycles. The van der Waals surface area contributed by atoms with Gasteiger partial charge in [-0.1, -0.05) is 38.1 Å². The van der Waals surface area contributed by atoms with E-state index in [1.165, 1.54) is 5.56 Å². The quantitative estimate of drug-likeness (QED) is 0.485. The molecule has 0 bridgehead atoms. The third-order valence-electron chi connectivity index (χ3n) is 5.65. The molecule has 1 fully saturated rings. The van der Waals surface area contributed by atoms with Gasteiger partial charge in [0, 0.05) is 24.2 Å². The average Bonchev–Trinajstić information content (AvgIpc) is 3.44. The first-order valence-corrected chi connectivity index (χ1v) is 11.0. The van der Waals surface area contributed by atoms with Crippen molar-refractivity contribution in [2.45, 2.75) is 45.4 Å². The van der Waals surface area contributed by atoms with Crippen LogP contribution in [0.2, 0.25) is 0 Å². The first kappa shape index (κ1) is 21.9. The maximum atomic E-state index is 12.7. The highest BCUT2D eigenvalue weighted by Crippen LogP contribution is 2.35. The third-order valence-corrected chi connectivity index (χ3v) is 5.65. The summed E-state index contributed by atoms with van der Waals surface area (Å²) in [5.74, 6) is 2.57. The highest BCUT2D eigenvalue weighted by Gasteiger charge is 2.35. The van der Waals surface area contributed by atoms with E-state index < -0.39 is 0 Å². The Bertz CT molecular complexity index is 1090. The molecule has 1 atom stereocenters. The van der Waals surface area contributed by atoms with E-state index in [2.05, 4.69) is 43.0 Å². The van der Waals surface area contributed by atoms with Crippen molar-refractivity contribution < 1.29 is 18.8 Å². The molecule has 1 aromatic heterocycles. The molecule has 0 N–H and O–H groups in total. The third kappa shape index (κ3) is 4.47. The summed E-state index contributed by atoms with van der Waals surface area (Å²) in [7, 11) is 1.60. The molecule has 2 aromatic carbocycles. The van der Waals surface area contributed by atoms with Crippen molar-refractivity contribution in [3.05, 3.63) is 53.9 Å². The SMILES string of the molecule is CCCOc1ccc(-c2noc(C3CC(=O)N(c4cccc(C(C)C)c4)C3)n2)cc1OC. The van der Waals surface area contributed by atoms with Crippen LogP contribution < -0.4 is 14.4 Å². The number of carbonyl (C=O) groups excluding carboxylic acids is 1. The molecule has 1 amide bonds. The molecule has 0 aliphatic carbocycles. The number of carbonyl (C=O) groups is 1. The summed E-state index contributed by atoms with van der Waals surface area (Å²) in [5.41, 5.74) is 2.89. The molecule has 32 heavy (non-hydrogen) atoms. The number of ether oxygens (including phenoxy) is 2. The van der Waals surface area contributed by atoms with Crippen molar-refractivity contribution in [3.63, 3.8) is 0 Å². The molecule has 1 unspecified atom stereocenters. The van der Waals surface area contributed by atoms with Gasteiger partial charge in [0.15, 0.2) is 11.5 Å². The van der Waals surface area contributed by atoms with Gasteiger partial charge >= 0.3 is 0 Å². The summed E-state index contributed by atoms with van der Waals surface area (Å²) in [6, 6.07) is 13.7. The first-order valence-electron chi connectivity index (χ1n) is 11.0. The van der Waals surface area contributed by atoms with E-state index in [-0.39, 0.29) is 11.8 Å². The number of methoxy groups -OCH3 is 1. The minimum absolute atomic E-state index is 0.0646. The minimum Gasteiger partial charge on any atom is -0.493 e. The molecule has 7 heteroatoms. The van der Waals surface area contributed by atoms with Gasteiger partial charge in [-0.2, -0.15) is 4.98 Å². The van der Waals surface area contributed by atoms with Crippen molar-refractivity contribution in [3.8, 4) is 22.9 Å². The number of benzene rings is 2. The molecular weight excluding hydrogens is 406 g/mol. The van der Waals surface area contributed by atoms with Crippen LogP contribution in [-0.2, 0) is 4.79 Å². The van der Waals surface area contributed by atoms with Crippen LogP contribution in [0.15, 0.2) is 47.0 Å². The van der Waals surface area contributed by atoms with Crippen molar-refractivity contribution in [2.75, 3.05) is 25.2 Å². The molecule has 0 spiro atoms. The molecule has 168 valence electrons. The van der Waals surface area contributed by atoms with Gasteiger partial charge < -0.3 is 18.9 Å². The van der Waals surface area contributed by atoms with E-state index >= 15 is 0 Å². The Labute approximate surface area is 188 Å². The van der Waals surface area contributed by atoms with Gasteiger partial charge in [-0.15, -0.1) is 0 Å². The van der Waals surface area contributed by atoms with Gasteiger partial charge in [-0.3, -0.25) is 4.79 Å². The highest BCUT2D eigenvalue weighted by molar-refractivity contribution is 5.96. The monoisotopic (exact) mass is 435 g/mol. The zero-order valence-corrected chi connectivity index (χ0v) is 19.0. The maximum absolute atomic E-state index is 12.7. The van der Waals surface area contributed by atoms with E-state index in [0.29, 0.717) is 48.7 Å². The molecule has 4 rings (SSSR count). The average molecular weight is 436 g/mol. The molecule has 1 aliphatic heterocycles. The topological polar surface area (TPSA) is 77.7 Å². The molecule has 2 heterocycles. The Morgan fingerprint density at radius 1 is 1.19 bits per heavy atom. The number of nitrogens with zero attached hydrogens (tertiary/aromatic N) is 3. The van der Waals surface area contributed by atoms with Crippen LogP contribution in [0, 0.1) is 0 Å². The fourth-order valence-corrected chi connectivity index (χ4v) is 3.83. The smallest absolute Gasteiger partial charge is 0.232 e. The van der Waals surface area contributed by atoms with Gasteiger partial charge in [0.05, 0.1) is 19.6 Å². The van der Waals surface area contributed by atoms with Crippen molar-refractivity contribution in [1.29, 1.82) is 0 Å². The highest BCUT2D eigenvalue weighted by atomic mass is 16.5. The van der Waals surface area contributed by atoms with Gasteiger partial charge in [0.1, 0.15) is 0 Å². The zero-order chi connectivity index (χ0) is 22.7. The number of hydrogen-bond donors (Lipinski definition) is 0. The van der Waals surface area contributed by atoms with Crippen LogP contribution in [0.3, 0.4) is 0 Å². The normalized spacial score (nSPS) is 16.1. The van der Waals surface area contributed by atoms with Crippen LogP contribution in [0.25, 0.3) is 11.4 Å². The summed E-state index contributed by atoms with van der Waals surface area (Å²) in [6.07, 6.45) is 1.26. The van der Waals surface area contributed by atoms with E-state index in [0.717, 1.165) is 17.7 Å². The Morgan fingerprint density at radius 2 is 2.03 bits per heavy atom. The van der Waals surface area contributed by atoms with Crippen LogP contribution in [0.1, 0.15) is 56.9 Å². The standard InChI is InChI=1S/C25H29N3O4/c1-5-11-31-21-10-9-18(13-22(21)30-4)24-26-25(32-27-24)19-14-23(29)28(15-19)20-8-6-7-17(12-20)16(2)3/h6-10,12-13,16,19H,5,11,14-15H2,1-4H3. The van der Waals surface area contributed by atoms with Crippen LogP contribution in [0.4, 0.5) is 5.69 Å². The molecule has 1 aliphatic rings. The second-order valence-electron chi connectivity index (χ2n) is 8.33. The molecule has 1 saturated heterocycles. The van der Waals surface area contributed by atoms with Crippen LogP contribution in [-0.4, -0.2) is 36.3 Å².